The molecular weight excluding hydrogens is 220 g/mol. The third kappa shape index (κ3) is 1.59. The highest BCUT2D eigenvalue weighted by atomic mass is 32.2. The summed E-state index contributed by atoms with van der Waals surface area (Å²) in [4.78, 5) is 11.2. The van der Waals surface area contributed by atoms with Gasteiger partial charge in [0.25, 0.3) is 0 Å². The van der Waals surface area contributed by atoms with Gasteiger partial charge >= 0.3 is 5.97 Å². The molecular formula is C13H22O2S. The molecule has 2 saturated carbocycles. The van der Waals surface area contributed by atoms with E-state index in [2.05, 4.69) is 20.8 Å². The highest BCUT2D eigenvalue weighted by Gasteiger charge is 2.61. The average Bonchev–Trinajstić information content (AvgIpc) is 2.58. The maximum absolute atomic E-state index is 11.2. The fourth-order valence-corrected chi connectivity index (χ4v) is 5.22. The Labute approximate surface area is 103 Å². The van der Waals surface area contributed by atoms with Crippen LogP contribution in [0.5, 0.6) is 0 Å². The molecule has 0 aromatic heterocycles. The van der Waals surface area contributed by atoms with Crippen LogP contribution in [0.2, 0.25) is 0 Å². The Hall–Kier alpha value is -0.180. The summed E-state index contributed by atoms with van der Waals surface area (Å²) in [6.45, 7) is 7.22. The number of ether oxygens (including phenoxy) is 1. The van der Waals surface area contributed by atoms with E-state index in [1.807, 2.05) is 0 Å². The number of thioether (sulfide) groups is 1. The highest BCUT2D eigenvalue weighted by molar-refractivity contribution is 8.00. The molecule has 2 rings (SSSR count). The zero-order valence-electron chi connectivity index (χ0n) is 10.7. The fraction of sp³-hybridized carbons (Fsp3) is 0.923. The molecule has 2 bridgehead atoms. The number of hydrogen-bond acceptors (Lipinski definition) is 3. The van der Waals surface area contributed by atoms with Gasteiger partial charge in [0.1, 0.15) is 0 Å². The molecule has 0 radical (unpaired) electrons. The number of methoxy groups -OCH3 is 1. The molecule has 0 heterocycles. The first kappa shape index (κ1) is 12.3. The second-order valence-electron chi connectivity index (χ2n) is 5.99. The van der Waals surface area contributed by atoms with Crippen molar-refractivity contribution in [3.05, 3.63) is 0 Å². The zero-order valence-corrected chi connectivity index (χ0v) is 11.5. The van der Waals surface area contributed by atoms with Crippen molar-refractivity contribution >= 4 is 17.7 Å². The van der Waals surface area contributed by atoms with Gasteiger partial charge in [-0.2, -0.15) is 0 Å². The number of carbonyl (C=O) groups is 1. The summed E-state index contributed by atoms with van der Waals surface area (Å²) in [5.41, 5.74) is 0.858. The van der Waals surface area contributed by atoms with Gasteiger partial charge in [0, 0.05) is 5.25 Å². The molecule has 0 saturated heterocycles. The second-order valence-corrected chi connectivity index (χ2v) is 7.18. The van der Waals surface area contributed by atoms with Crippen LogP contribution < -0.4 is 0 Å². The molecule has 0 aromatic rings. The van der Waals surface area contributed by atoms with Crippen LogP contribution in [0, 0.1) is 16.7 Å². The summed E-state index contributed by atoms with van der Waals surface area (Å²) in [6, 6.07) is 0. The lowest BCUT2D eigenvalue weighted by molar-refractivity contribution is -0.137. The normalized spacial score (nSPS) is 40.0. The number of rotatable bonds is 3. The molecule has 3 atom stereocenters. The van der Waals surface area contributed by atoms with Gasteiger partial charge in [-0.3, -0.25) is 4.79 Å². The Kier molecular flexibility index (Phi) is 3.02. The molecule has 92 valence electrons. The summed E-state index contributed by atoms with van der Waals surface area (Å²) in [5.74, 6) is 1.28. The van der Waals surface area contributed by atoms with E-state index in [1.54, 1.807) is 11.8 Å². The van der Waals surface area contributed by atoms with Gasteiger partial charge in [-0.1, -0.05) is 20.8 Å². The van der Waals surface area contributed by atoms with Gasteiger partial charge in [0.15, 0.2) is 0 Å². The summed E-state index contributed by atoms with van der Waals surface area (Å²) >= 11 is 1.81. The Morgan fingerprint density at radius 3 is 2.56 bits per heavy atom. The maximum atomic E-state index is 11.2. The lowest BCUT2D eigenvalue weighted by atomic mass is 9.71. The monoisotopic (exact) mass is 242 g/mol. The van der Waals surface area contributed by atoms with Crippen molar-refractivity contribution in [3.8, 4) is 0 Å². The molecule has 3 heteroatoms. The minimum Gasteiger partial charge on any atom is -0.468 e. The number of esters is 1. The standard InChI is InChI=1S/C13H22O2S/c1-12(2)9-5-6-13(12,3)10(7-9)16-8-11(14)15-4/h9-10H,5-8H2,1-4H3. The summed E-state index contributed by atoms with van der Waals surface area (Å²) in [7, 11) is 1.47. The Bertz CT molecular complexity index is 300. The Morgan fingerprint density at radius 2 is 2.12 bits per heavy atom. The van der Waals surface area contributed by atoms with E-state index in [0.29, 0.717) is 21.8 Å². The smallest absolute Gasteiger partial charge is 0.315 e. The molecule has 0 amide bonds. The van der Waals surface area contributed by atoms with Crippen molar-refractivity contribution < 1.29 is 9.53 Å². The highest BCUT2D eigenvalue weighted by Crippen LogP contribution is 2.68. The molecule has 2 fully saturated rings. The van der Waals surface area contributed by atoms with E-state index in [4.69, 9.17) is 4.74 Å². The number of carbonyl (C=O) groups excluding carboxylic acids is 1. The first-order chi connectivity index (χ1) is 7.41. The van der Waals surface area contributed by atoms with E-state index in [0.717, 1.165) is 5.92 Å². The lowest BCUT2D eigenvalue weighted by Gasteiger charge is -2.38. The van der Waals surface area contributed by atoms with Gasteiger partial charge in [0.05, 0.1) is 12.9 Å². The largest absolute Gasteiger partial charge is 0.468 e. The third-order valence-corrected chi connectivity index (χ3v) is 6.86. The van der Waals surface area contributed by atoms with Crippen molar-refractivity contribution in [2.24, 2.45) is 16.7 Å². The van der Waals surface area contributed by atoms with Crippen molar-refractivity contribution in [3.63, 3.8) is 0 Å². The van der Waals surface area contributed by atoms with Gasteiger partial charge in [-0.25, -0.2) is 0 Å². The van der Waals surface area contributed by atoms with Gasteiger partial charge in [-0.05, 0) is 36.0 Å². The molecule has 0 spiro atoms. The van der Waals surface area contributed by atoms with Crippen LogP contribution in [-0.4, -0.2) is 24.1 Å². The van der Waals surface area contributed by atoms with Gasteiger partial charge < -0.3 is 4.74 Å². The van der Waals surface area contributed by atoms with E-state index in [1.165, 1.54) is 26.4 Å². The van der Waals surface area contributed by atoms with Crippen LogP contribution in [0.3, 0.4) is 0 Å². The van der Waals surface area contributed by atoms with E-state index >= 15 is 0 Å². The maximum Gasteiger partial charge on any atom is 0.315 e. The third-order valence-electron chi connectivity index (χ3n) is 5.34. The first-order valence-electron chi connectivity index (χ1n) is 6.10. The predicted octanol–water partition coefficient (Wildman–Crippen LogP) is 3.11. The van der Waals surface area contributed by atoms with Crippen molar-refractivity contribution in [2.75, 3.05) is 12.9 Å². The molecule has 0 aliphatic heterocycles. The van der Waals surface area contributed by atoms with Crippen LogP contribution in [0.1, 0.15) is 40.0 Å². The Morgan fingerprint density at radius 1 is 1.44 bits per heavy atom. The van der Waals surface area contributed by atoms with E-state index in [9.17, 15) is 4.79 Å². The quantitative estimate of drug-likeness (QED) is 0.711. The molecule has 3 unspecified atom stereocenters. The summed E-state index contributed by atoms with van der Waals surface area (Å²) in [5, 5.41) is 0.639. The van der Waals surface area contributed by atoms with Gasteiger partial charge in [0.2, 0.25) is 0 Å². The molecule has 2 nitrogen and oxygen atoms in total. The van der Waals surface area contributed by atoms with Crippen molar-refractivity contribution in [1.82, 2.24) is 0 Å². The predicted molar refractivity (Wildman–Crippen MR) is 67.5 cm³/mol. The van der Waals surface area contributed by atoms with Crippen LogP contribution in [0.25, 0.3) is 0 Å². The molecule has 2 aliphatic rings. The van der Waals surface area contributed by atoms with Crippen molar-refractivity contribution in [2.45, 2.75) is 45.3 Å². The fourth-order valence-electron chi connectivity index (χ4n) is 3.61. The Balaban J connectivity index is 2.02. The first-order valence-corrected chi connectivity index (χ1v) is 7.15. The minimum atomic E-state index is -0.0887. The summed E-state index contributed by atoms with van der Waals surface area (Å²) in [6.07, 6.45) is 3.98. The number of hydrogen-bond donors (Lipinski definition) is 0. The lowest BCUT2D eigenvalue weighted by Crippen LogP contribution is -2.34. The van der Waals surface area contributed by atoms with Crippen LogP contribution in [-0.2, 0) is 9.53 Å². The second kappa shape index (κ2) is 3.94. The molecule has 0 aromatic carbocycles. The number of fused-ring (bicyclic) bond motifs is 2. The van der Waals surface area contributed by atoms with Crippen LogP contribution in [0.15, 0.2) is 0 Å². The summed E-state index contributed by atoms with van der Waals surface area (Å²) < 4.78 is 4.72. The minimum absolute atomic E-state index is 0.0887. The van der Waals surface area contributed by atoms with Crippen LogP contribution >= 0.6 is 11.8 Å². The van der Waals surface area contributed by atoms with Gasteiger partial charge in [-0.15, -0.1) is 11.8 Å². The topological polar surface area (TPSA) is 26.3 Å². The SMILES string of the molecule is COC(=O)CSC1CC2CCC1(C)C2(C)C. The molecule has 0 N–H and O–H groups in total. The van der Waals surface area contributed by atoms with E-state index < -0.39 is 0 Å². The van der Waals surface area contributed by atoms with Crippen LogP contribution in [0.4, 0.5) is 0 Å². The zero-order chi connectivity index (χ0) is 12.0. The van der Waals surface area contributed by atoms with Crippen molar-refractivity contribution in [1.29, 1.82) is 0 Å². The van der Waals surface area contributed by atoms with E-state index in [-0.39, 0.29) is 5.97 Å². The average molecular weight is 242 g/mol. The molecule has 2 aliphatic carbocycles. The molecule has 16 heavy (non-hydrogen) atoms.